The summed E-state index contributed by atoms with van der Waals surface area (Å²) in [5.41, 5.74) is 2.56. The van der Waals surface area contributed by atoms with E-state index in [0.29, 0.717) is 11.8 Å². The van der Waals surface area contributed by atoms with Gasteiger partial charge in [0.2, 0.25) is 0 Å². The van der Waals surface area contributed by atoms with E-state index in [0.717, 1.165) is 4.96 Å². The molecule has 3 heteroatoms. The molecule has 0 saturated carbocycles. The lowest BCUT2D eigenvalue weighted by atomic mass is 10.1. The molecule has 0 radical (unpaired) electrons. The van der Waals surface area contributed by atoms with Gasteiger partial charge in [0.1, 0.15) is 0 Å². The Morgan fingerprint density at radius 2 is 1.93 bits per heavy atom. The Hall–Kier alpha value is -0.830. The normalized spacial score (nSPS) is 12.1. The first-order valence-corrected chi connectivity index (χ1v) is 5.94. The Kier molecular flexibility index (Phi) is 2.35. The smallest absolute Gasteiger partial charge is 0.194 e. The highest BCUT2D eigenvalue weighted by molar-refractivity contribution is 7.15. The van der Waals surface area contributed by atoms with Gasteiger partial charge < -0.3 is 0 Å². The summed E-state index contributed by atoms with van der Waals surface area (Å²) in [4.78, 5) is 5.72. The standard InChI is InChI=1S/C11H16N2S/c1-7(2)9-5-13-10(8(3)4)6-14-11(13)12-9/h5-8H,1-4H3. The van der Waals surface area contributed by atoms with Gasteiger partial charge in [-0.05, 0) is 11.8 Å². The summed E-state index contributed by atoms with van der Waals surface area (Å²) in [6, 6.07) is 0. The van der Waals surface area contributed by atoms with Crippen LogP contribution >= 0.6 is 11.3 Å². The molecule has 0 N–H and O–H groups in total. The summed E-state index contributed by atoms with van der Waals surface area (Å²) in [5.74, 6) is 1.08. The van der Waals surface area contributed by atoms with Crippen molar-refractivity contribution in [3.8, 4) is 0 Å². The fourth-order valence-electron chi connectivity index (χ4n) is 1.51. The molecule has 2 heterocycles. The second-order valence-electron chi connectivity index (χ2n) is 4.29. The van der Waals surface area contributed by atoms with Crippen LogP contribution in [0.3, 0.4) is 0 Å². The summed E-state index contributed by atoms with van der Waals surface area (Å²) in [5, 5.41) is 2.21. The molecule has 76 valence electrons. The summed E-state index contributed by atoms with van der Waals surface area (Å²) in [6.45, 7) is 8.80. The van der Waals surface area contributed by atoms with E-state index >= 15 is 0 Å². The highest BCUT2D eigenvalue weighted by atomic mass is 32.1. The van der Waals surface area contributed by atoms with Crippen LogP contribution in [0.1, 0.15) is 50.9 Å². The number of hydrogen-bond donors (Lipinski definition) is 0. The second kappa shape index (κ2) is 3.39. The number of imidazole rings is 1. The minimum Gasteiger partial charge on any atom is -0.294 e. The van der Waals surface area contributed by atoms with Crippen molar-refractivity contribution < 1.29 is 0 Å². The molecule has 0 aliphatic heterocycles. The average molecular weight is 208 g/mol. The van der Waals surface area contributed by atoms with Gasteiger partial charge >= 0.3 is 0 Å². The van der Waals surface area contributed by atoms with Crippen molar-refractivity contribution in [2.45, 2.75) is 39.5 Å². The third-order valence-electron chi connectivity index (χ3n) is 2.44. The Morgan fingerprint density at radius 1 is 1.21 bits per heavy atom. The van der Waals surface area contributed by atoms with Crippen LogP contribution in [0.4, 0.5) is 0 Å². The minimum atomic E-state index is 0.516. The molecule has 0 spiro atoms. The van der Waals surface area contributed by atoms with E-state index in [1.54, 1.807) is 11.3 Å². The molecule has 2 nitrogen and oxygen atoms in total. The molecule has 0 bridgehead atoms. The lowest BCUT2D eigenvalue weighted by Gasteiger charge is -2.01. The fourth-order valence-corrected chi connectivity index (χ4v) is 2.55. The van der Waals surface area contributed by atoms with Gasteiger partial charge in [-0.25, -0.2) is 4.98 Å². The molecule has 14 heavy (non-hydrogen) atoms. The molecular weight excluding hydrogens is 192 g/mol. The Balaban J connectivity index is 2.56. The van der Waals surface area contributed by atoms with Crippen LogP contribution in [0, 0.1) is 0 Å². The highest BCUT2D eigenvalue weighted by Crippen LogP contribution is 2.25. The van der Waals surface area contributed by atoms with Crippen molar-refractivity contribution in [2.75, 3.05) is 0 Å². The predicted octanol–water partition coefficient (Wildman–Crippen LogP) is 3.64. The van der Waals surface area contributed by atoms with Crippen LogP contribution in [0.15, 0.2) is 11.6 Å². The molecule has 0 aromatic carbocycles. The Morgan fingerprint density at radius 3 is 2.50 bits per heavy atom. The zero-order valence-corrected chi connectivity index (χ0v) is 9.93. The van der Waals surface area contributed by atoms with Crippen molar-refractivity contribution in [2.24, 2.45) is 0 Å². The molecule has 0 aliphatic carbocycles. The first kappa shape index (κ1) is 9.71. The maximum absolute atomic E-state index is 4.60. The van der Waals surface area contributed by atoms with E-state index in [9.17, 15) is 0 Å². The molecule has 2 rings (SSSR count). The molecule has 0 amide bonds. The van der Waals surface area contributed by atoms with Gasteiger partial charge in [0.05, 0.1) is 5.69 Å². The molecule has 0 saturated heterocycles. The van der Waals surface area contributed by atoms with Gasteiger partial charge in [0.15, 0.2) is 4.96 Å². The molecule has 2 aromatic rings. The van der Waals surface area contributed by atoms with Gasteiger partial charge in [-0.2, -0.15) is 0 Å². The van der Waals surface area contributed by atoms with Gasteiger partial charge in [-0.15, -0.1) is 11.3 Å². The Bertz CT molecular complexity index is 437. The van der Waals surface area contributed by atoms with Crippen LogP contribution in [0.5, 0.6) is 0 Å². The molecule has 0 atom stereocenters. The van der Waals surface area contributed by atoms with Crippen molar-refractivity contribution in [1.82, 2.24) is 9.38 Å². The van der Waals surface area contributed by atoms with E-state index in [2.05, 4.69) is 48.7 Å². The molecule has 0 aliphatic rings. The Labute approximate surface area is 88.6 Å². The maximum Gasteiger partial charge on any atom is 0.194 e. The van der Waals surface area contributed by atoms with Crippen molar-refractivity contribution >= 4 is 16.3 Å². The minimum absolute atomic E-state index is 0.516. The van der Waals surface area contributed by atoms with Crippen LogP contribution in [0.25, 0.3) is 4.96 Å². The predicted molar refractivity (Wildman–Crippen MR) is 61.2 cm³/mol. The van der Waals surface area contributed by atoms with Gasteiger partial charge in [-0.3, -0.25) is 4.40 Å². The summed E-state index contributed by atoms with van der Waals surface area (Å²) >= 11 is 1.73. The summed E-state index contributed by atoms with van der Waals surface area (Å²) in [7, 11) is 0. The number of thiazole rings is 1. The van der Waals surface area contributed by atoms with Gasteiger partial charge in [0, 0.05) is 17.3 Å². The second-order valence-corrected chi connectivity index (χ2v) is 5.12. The van der Waals surface area contributed by atoms with E-state index < -0.39 is 0 Å². The molecular formula is C11H16N2S. The van der Waals surface area contributed by atoms with Crippen LogP contribution in [0.2, 0.25) is 0 Å². The largest absolute Gasteiger partial charge is 0.294 e. The highest BCUT2D eigenvalue weighted by Gasteiger charge is 2.11. The number of rotatable bonds is 2. The molecule has 0 fully saturated rings. The number of fused-ring (bicyclic) bond motifs is 1. The zero-order valence-electron chi connectivity index (χ0n) is 9.11. The maximum atomic E-state index is 4.60. The van der Waals surface area contributed by atoms with Crippen LogP contribution in [-0.4, -0.2) is 9.38 Å². The summed E-state index contributed by atoms with van der Waals surface area (Å²) in [6.07, 6.45) is 2.17. The average Bonchev–Trinajstić information content (AvgIpc) is 2.58. The zero-order chi connectivity index (χ0) is 10.3. The fraction of sp³-hybridized carbons (Fsp3) is 0.545. The molecule has 2 aromatic heterocycles. The van der Waals surface area contributed by atoms with E-state index in [-0.39, 0.29) is 0 Å². The van der Waals surface area contributed by atoms with Gasteiger partial charge in [-0.1, -0.05) is 27.7 Å². The van der Waals surface area contributed by atoms with E-state index in [4.69, 9.17) is 0 Å². The monoisotopic (exact) mass is 208 g/mol. The van der Waals surface area contributed by atoms with Crippen molar-refractivity contribution in [3.63, 3.8) is 0 Å². The first-order chi connectivity index (χ1) is 6.59. The molecule has 0 unspecified atom stereocenters. The third kappa shape index (κ3) is 1.46. The first-order valence-electron chi connectivity index (χ1n) is 5.06. The number of hydrogen-bond acceptors (Lipinski definition) is 2. The van der Waals surface area contributed by atoms with Crippen LogP contribution < -0.4 is 0 Å². The quantitative estimate of drug-likeness (QED) is 0.736. The lowest BCUT2D eigenvalue weighted by molar-refractivity contribution is 0.803. The van der Waals surface area contributed by atoms with E-state index in [1.807, 2.05) is 0 Å². The third-order valence-corrected chi connectivity index (χ3v) is 3.30. The number of aromatic nitrogens is 2. The lowest BCUT2D eigenvalue weighted by Crippen LogP contribution is -1.92. The van der Waals surface area contributed by atoms with E-state index in [1.165, 1.54) is 11.4 Å². The van der Waals surface area contributed by atoms with Gasteiger partial charge in [0.25, 0.3) is 0 Å². The van der Waals surface area contributed by atoms with Crippen molar-refractivity contribution in [1.29, 1.82) is 0 Å². The van der Waals surface area contributed by atoms with Crippen molar-refractivity contribution in [3.05, 3.63) is 23.0 Å². The SMILES string of the molecule is CC(C)c1cn2c(C(C)C)csc2n1. The number of nitrogens with zero attached hydrogens (tertiary/aromatic N) is 2. The van der Waals surface area contributed by atoms with Crippen LogP contribution in [-0.2, 0) is 0 Å². The topological polar surface area (TPSA) is 17.3 Å². The summed E-state index contributed by atoms with van der Waals surface area (Å²) < 4.78 is 2.23.